The van der Waals surface area contributed by atoms with Gasteiger partial charge in [-0.15, -0.1) is 0 Å². The van der Waals surface area contributed by atoms with E-state index < -0.39 is 22.8 Å². The molecule has 10 heteroatoms. The number of alkyl halides is 3. The molecule has 0 radical (unpaired) electrons. The first-order chi connectivity index (χ1) is 11.7. The van der Waals surface area contributed by atoms with E-state index in [0.717, 1.165) is 38.2 Å². The SMILES string of the molecule is CCCN(C1CCNCC1)S(=O)(=O)c1ccc(OCC(F)(F)F)nc1. The molecule has 25 heavy (non-hydrogen) atoms. The quantitative estimate of drug-likeness (QED) is 0.784. The van der Waals surface area contributed by atoms with Crippen molar-refractivity contribution < 1.29 is 26.3 Å². The topological polar surface area (TPSA) is 71.5 Å². The molecule has 1 aliphatic rings. The van der Waals surface area contributed by atoms with Crippen LogP contribution in [0.15, 0.2) is 23.2 Å². The zero-order valence-corrected chi connectivity index (χ0v) is 14.7. The van der Waals surface area contributed by atoms with E-state index in [2.05, 4.69) is 15.0 Å². The van der Waals surface area contributed by atoms with Gasteiger partial charge in [0.1, 0.15) is 4.90 Å². The molecular weight excluding hydrogens is 359 g/mol. The largest absolute Gasteiger partial charge is 0.468 e. The fourth-order valence-electron chi connectivity index (χ4n) is 2.71. The Labute approximate surface area is 145 Å². The molecule has 1 aromatic heterocycles. The summed E-state index contributed by atoms with van der Waals surface area (Å²) < 4.78 is 68.2. The monoisotopic (exact) mass is 381 g/mol. The number of aromatic nitrogens is 1. The Balaban J connectivity index is 2.15. The van der Waals surface area contributed by atoms with Crippen LogP contribution in [-0.2, 0) is 10.0 Å². The van der Waals surface area contributed by atoms with E-state index in [4.69, 9.17) is 0 Å². The fraction of sp³-hybridized carbons (Fsp3) is 0.667. The molecule has 1 N–H and O–H groups in total. The summed E-state index contributed by atoms with van der Waals surface area (Å²) in [5.41, 5.74) is 0. The van der Waals surface area contributed by atoms with Crippen molar-refractivity contribution in [2.75, 3.05) is 26.2 Å². The maximum Gasteiger partial charge on any atom is 0.422 e. The van der Waals surface area contributed by atoms with Gasteiger partial charge < -0.3 is 10.1 Å². The molecular formula is C15H22F3N3O3S. The molecule has 0 bridgehead atoms. The number of ether oxygens (including phenoxy) is 1. The first-order valence-corrected chi connectivity index (χ1v) is 9.56. The van der Waals surface area contributed by atoms with Gasteiger partial charge in [0.05, 0.1) is 6.20 Å². The Bertz CT molecular complexity index is 644. The van der Waals surface area contributed by atoms with E-state index in [0.29, 0.717) is 13.0 Å². The molecule has 1 aromatic rings. The van der Waals surface area contributed by atoms with Gasteiger partial charge in [-0.1, -0.05) is 6.92 Å². The highest BCUT2D eigenvalue weighted by molar-refractivity contribution is 7.89. The summed E-state index contributed by atoms with van der Waals surface area (Å²) in [6.07, 6.45) is -1.31. The number of rotatable bonds is 7. The van der Waals surface area contributed by atoms with Crippen molar-refractivity contribution in [3.05, 3.63) is 18.3 Å². The molecule has 1 aliphatic heterocycles. The van der Waals surface area contributed by atoms with Gasteiger partial charge in [-0.3, -0.25) is 0 Å². The third-order valence-electron chi connectivity index (χ3n) is 3.86. The second-order valence-corrected chi connectivity index (χ2v) is 7.72. The van der Waals surface area contributed by atoms with Crippen molar-refractivity contribution in [3.63, 3.8) is 0 Å². The standard InChI is InChI=1S/C15H22F3N3O3S/c1-2-9-21(12-5-7-19-8-6-12)25(22,23)13-3-4-14(20-10-13)24-11-15(16,17)18/h3-4,10,12,19H,2,5-9,11H2,1H3. The van der Waals surface area contributed by atoms with Crippen molar-refractivity contribution in [2.45, 2.75) is 43.3 Å². The second-order valence-electron chi connectivity index (χ2n) is 5.83. The summed E-state index contributed by atoms with van der Waals surface area (Å²) >= 11 is 0. The smallest absolute Gasteiger partial charge is 0.422 e. The van der Waals surface area contributed by atoms with Crippen LogP contribution in [0.3, 0.4) is 0 Å². The number of pyridine rings is 1. The van der Waals surface area contributed by atoms with E-state index in [1.165, 1.54) is 10.4 Å². The summed E-state index contributed by atoms with van der Waals surface area (Å²) in [5, 5.41) is 3.19. The summed E-state index contributed by atoms with van der Waals surface area (Å²) in [5.74, 6) is -0.264. The van der Waals surface area contributed by atoms with E-state index in [1.54, 1.807) is 0 Å². The summed E-state index contributed by atoms with van der Waals surface area (Å²) in [6, 6.07) is 2.29. The van der Waals surface area contributed by atoms with Crippen molar-refractivity contribution >= 4 is 10.0 Å². The lowest BCUT2D eigenvalue weighted by molar-refractivity contribution is -0.154. The number of piperidine rings is 1. The van der Waals surface area contributed by atoms with Crippen molar-refractivity contribution in [1.29, 1.82) is 0 Å². The molecule has 0 aliphatic carbocycles. The molecule has 1 fully saturated rings. The van der Waals surface area contributed by atoms with Crippen molar-refractivity contribution in [2.24, 2.45) is 0 Å². The highest BCUT2D eigenvalue weighted by Gasteiger charge is 2.32. The Morgan fingerprint density at radius 3 is 2.52 bits per heavy atom. The van der Waals surface area contributed by atoms with Gasteiger partial charge in [0.25, 0.3) is 0 Å². The summed E-state index contributed by atoms with van der Waals surface area (Å²) in [4.78, 5) is 3.65. The van der Waals surface area contributed by atoms with Gasteiger partial charge in [-0.25, -0.2) is 13.4 Å². The Morgan fingerprint density at radius 2 is 2.00 bits per heavy atom. The highest BCUT2D eigenvalue weighted by atomic mass is 32.2. The second kappa shape index (κ2) is 8.33. The predicted molar refractivity (Wildman–Crippen MR) is 85.9 cm³/mol. The average molecular weight is 381 g/mol. The predicted octanol–water partition coefficient (Wildman–Crippen LogP) is 2.18. The third-order valence-corrected chi connectivity index (χ3v) is 5.79. The molecule has 6 nitrogen and oxygen atoms in total. The van der Waals surface area contributed by atoms with Crippen molar-refractivity contribution in [1.82, 2.24) is 14.6 Å². The number of hydrogen-bond donors (Lipinski definition) is 1. The lowest BCUT2D eigenvalue weighted by Gasteiger charge is -2.33. The van der Waals surface area contributed by atoms with Gasteiger partial charge >= 0.3 is 6.18 Å². The normalized spacial score (nSPS) is 17.0. The maximum atomic E-state index is 12.9. The minimum absolute atomic E-state index is 0.0427. The Kier molecular flexibility index (Phi) is 6.64. The van der Waals surface area contributed by atoms with Crippen LogP contribution >= 0.6 is 0 Å². The van der Waals surface area contributed by atoms with Crippen LogP contribution in [0.25, 0.3) is 0 Å². The molecule has 2 rings (SSSR count). The Hall–Kier alpha value is -1.39. The molecule has 1 saturated heterocycles. The van der Waals surface area contributed by atoms with Gasteiger partial charge in [-0.2, -0.15) is 17.5 Å². The van der Waals surface area contributed by atoms with Crippen LogP contribution in [0.1, 0.15) is 26.2 Å². The number of hydrogen-bond acceptors (Lipinski definition) is 5. The number of halogens is 3. The average Bonchev–Trinajstić information content (AvgIpc) is 2.58. The zero-order chi connectivity index (χ0) is 18.5. The molecule has 2 heterocycles. The molecule has 0 spiro atoms. The minimum atomic E-state index is -4.47. The molecule has 142 valence electrons. The number of nitrogens with zero attached hydrogens (tertiary/aromatic N) is 2. The first-order valence-electron chi connectivity index (χ1n) is 8.12. The van der Waals surface area contributed by atoms with Crippen LogP contribution in [0.2, 0.25) is 0 Å². The van der Waals surface area contributed by atoms with Gasteiger partial charge in [0.15, 0.2) is 6.61 Å². The molecule has 0 atom stereocenters. The Morgan fingerprint density at radius 1 is 1.32 bits per heavy atom. The van der Waals surface area contributed by atoms with Crippen LogP contribution in [-0.4, -0.2) is 56.2 Å². The van der Waals surface area contributed by atoms with Crippen molar-refractivity contribution in [3.8, 4) is 5.88 Å². The lowest BCUT2D eigenvalue weighted by Crippen LogP contribution is -2.46. The van der Waals surface area contributed by atoms with Gasteiger partial charge in [0.2, 0.25) is 15.9 Å². The van der Waals surface area contributed by atoms with Gasteiger partial charge in [-0.05, 0) is 38.4 Å². The number of nitrogens with one attached hydrogen (secondary N) is 1. The first kappa shape index (κ1) is 19.9. The highest BCUT2D eigenvalue weighted by Crippen LogP contribution is 2.24. The maximum absolute atomic E-state index is 12.9. The van der Waals surface area contributed by atoms with E-state index >= 15 is 0 Å². The van der Waals surface area contributed by atoms with Crippen LogP contribution in [0.4, 0.5) is 13.2 Å². The van der Waals surface area contributed by atoms with Crippen LogP contribution in [0.5, 0.6) is 5.88 Å². The van der Waals surface area contributed by atoms with Gasteiger partial charge in [0, 0.05) is 18.7 Å². The van der Waals surface area contributed by atoms with Crippen LogP contribution < -0.4 is 10.1 Å². The summed E-state index contributed by atoms with van der Waals surface area (Å²) in [6.45, 7) is 2.32. The molecule has 0 unspecified atom stereocenters. The summed E-state index contributed by atoms with van der Waals surface area (Å²) in [7, 11) is -3.76. The molecule has 0 saturated carbocycles. The lowest BCUT2D eigenvalue weighted by atomic mass is 10.1. The van der Waals surface area contributed by atoms with E-state index in [1.807, 2.05) is 6.92 Å². The fourth-order valence-corrected chi connectivity index (χ4v) is 4.43. The van der Waals surface area contributed by atoms with E-state index in [9.17, 15) is 21.6 Å². The number of sulfonamides is 1. The minimum Gasteiger partial charge on any atom is -0.468 e. The van der Waals surface area contributed by atoms with E-state index in [-0.39, 0.29) is 16.8 Å². The molecule has 0 amide bonds. The van der Waals surface area contributed by atoms with Crippen LogP contribution in [0, 0.1) is 0 Å². The zero-order valence-electron chi connectivity index (χ0n) is 13.9. The third kappa shape index (κ3) is 5.55. The molecule has 0 aromatic carbocycles.